The molecule has 0 aromatic rings. The zero-order valence-corrected chi connectivity index (χ0v) is 42.2. The van der Waals surface area contributed by atoms with Crippen molar-refractivity contribution in [3.63, 3.8) is 0 Å². The van der Waals surface area contributed by atoms with Gasteiger partial charge < -0.3 is 58.9 Å². The van der Waals surface area contributed by atoms with Gasteiger partial charge in [0.25, 0.3) is 0 Å². The Morgan fingerprint density at radius 1 is 0.803 bits per heavy atom. The molecule has 4 saturated carbocycles. The minimum Gasteiger partial charge on any atom is -0.459 e. The van der Waals surface area contributed by atoms with Gasteiger partial charge in [0, 0.05) is 62.9 Å². The van der Waals surface area contributed by atoms with E-state index in [0.717, 1.165) is 19.3 Å². The van der Waals surface area contributed by atoms with Gasteiger partial charge in [0.15, 0.2) is 12.6 Å². The molecular weight excluding hydrogens is 853 g/mol. The minimum atomic E-state index is -1.99. The van der Waals surface area contributed by atoms with E-state index in [1.54, 1.807) is 48.5 Å². The molecule has 380 valence electrons. The molecule has 0 aromatic carbocycles. The SMILES string of the molecule is CC[C@H]1OC(=O)[C@H](C)[C@@H](O[C@H]2C[C@@](C)(OC)[C@@H](O)[C@H](C)O2)[C@H](C)[C@@H](O[C@@H]2O[C@H](C)C[C@H](N(C)CCNC(=O)C34CC5CC(CC(C5)C3)C4)[C@H]2O)[C@](C)(OC)C[C@@H](C)C(=O)[C@H](C)[C@@H](O)[C@]1(C)O. The molecule has 16 heteroatoms. The van der Waals surface area contributed by atoms with Gasteiger partial charge in [-0.1, -0.05) is 27.7 Å². The second-order valence-electron chi connectivity index (χ2n) is 22.6. The smallest absolute Gasteiger partial charge is 0.311 e. The number of methoxy groups -OCH3 is 2. The van der Waals surface area contributed by atoms with Crippen LogP contribution in [-0.4, -0.2) is 162 Å². The third-order valence-corrected chi connectivity index (χ3v) is 17.4. The van der Waals surface area contributed by atoms with Gasteiger partial charge in [0.1, 0.15) is 29.7 Å². The Kier molecular flexibility index (Phi) is 16.9. The maximum Gasteiger partial charge on any atom is 0.311 e. The van der Waals surface area contributed by atoms with E-state index in [9.17, 15) is 34.8 Å². The van der Waals surface area contributed by atoms with Gasteiger partial charge in [-0.05, 0) is 124 Å². The molecule has 0 unspecified atom stereocenters. The first-order valence-corrected chi connectivity index (χ1v) is 25.0. The van der Waals surface area contributed by atoms with E-state index in [2.05, 4.69) is 5.32 Å². The van der Waals surface area contributed by atoms with Crippen LogP contribution in [0.25, 0.3) is 0 Å². The Labute approximate surface area is 393 Å². The van der Waals surface area contributed by atoms with E-state index in [-0.39, 0.29) is 42.5 Å². The highest BCUT2D eigenvalue weighted by molar-refractivity contribution is 5.84. The van der Waals surface area contributed by atoms with E-state index in [1.807, 2.05) is 25.8 Å². The number of carbonyl (C=O) groups is 3. The average molecular weight is 939 g/mol. The number of nitrogens with one attached hydrogen (secondary N) is 1. The molecule has 0 radical (unpaired) electrons. The van der Waals surface area contributed by atoms with Crippen LogP contribution >= 0.6 is 0 Å². The molecule has 4 aliphatic carbocycles. The van der Waals surface area contributed by atoms with Crippen molar-refractivity contribution in [2.75, 3.05) is 34.4 Å². The summed E-state index contributed by atoms with van der Waals surface area (Å²) in [5.74, 6) is -2.52. The van der Waals surface area contributed by atoms with E-state index in [0.29, 0.717) is 37.3 Å². The second kappa shape index (κ2) is 20.9. The van der Waals surface area contributed by atoms with Crippen molar-refractivity contribution in [3.8, 4) is 0 Å². The lowest BCUT2D eigenvalue weighted by molar-refractivity contribution is -0.319. The highest BCUT2D eigenvalue weighted by Crippen LogP contribution is 2.60. The molecule has 3 saturated heterocycles. The number of aliphatic hydroxyl groups excluding tert-OH is 3. The van der Waals surface area contributed by atoms with Crippen LogP contribution in [0.3, 0.4) is 0 Å². The van der Waals surface area contributed by atoms with Gasteiger partial charge >= 0.3 is 5.97 Å². The maximum absolute atomic E-state index is 14.4. The Bertz CT molecular complexity index is 1650. The molecule has 7 rings (SSSR count). The summed E-state index contributed by atoms with van der Waals surface area (Å²) in [6.07, 6.45) is -2.67. The van der Waals surface area contributed by atoms with Crippen molar-refractivity contribution >= 4 is 17.7 Å². The topological polar surface area (TPSA) is 212 Å². The molecule has 7 fully saturated rings. The predicted molar refractivity (Wildman–Crippen MR) is 244 cm³/mol. The molecule has 4 bridgehead atoms. The lowest BCUT2D eigenvalue weighted by Crippen LogP contribution is -2.62. The number of rotatable bonds is 12. The molecule has 0 spiro atoms. The summed E-state index contributed by atoms with van der Waals surface area (Å²) in [4.78, 5) is 44.5. The average Bonchev–Trinajstić information content (AvgIpc) is 3.26. The van der Waals surface area contributed by atoms with Crippen molar-refractivity contribution in [1.82, 2.24) is 10.2 Å². The van der Waals surface area contributed by atoms with Crippen molar-refractivity contribution < 1.29 is 68.0 Å². The van der Waals surface area contributed by atoms with Gasteiger partial charge in [0.2, 0.25) is 5.91 Å². The fourth-order valence-corrected chi connectivity index (χ4v) is 13.6. The van der Waals surface area contributed by atoms with E-state index >= 15 is 0 Å². The Morgan fingerprint density at radius 2 is 1.39 bits per heavy atom. The Hall–Kier alpha value is -1.83. The highest BCUT2D eigenvalue weighted by atomic mass is 16.7. The number of cyclic esters (lactones) is 1. The Morgan fingerprint density at radius 3 is 1.95 bits per heavy atom. The third kappa shape index (κ3) is 10.7. The zero-order valence-electron chi connectivity index (χ0n) is 42.2. The summed E-state index contributed by atoms with van der Waals surface area (Å²) in [5.41, 5.74) is -4.62. The summed E-state index contributed by atoms with van der Waals surface area (Å²) in [6, 6.07) is -0.421. The van der Waals surface area contributed by atoms with Crippen LogP contribution in [0.1, 0.15) is 133 Å². The first kappa shape index (κ1) is 53.5. The van der Waals surface area contributed by atoms with E-state index < -0.39 is 108 Å². The molecule has 1 amide bonds. The monoisotopic (exact) mass is 939 g/mol. The molecule has 66 heavy (non-hydrogen) atoms. The number of hydrogen-bond donors (Lipinski definition) is 5. The molecule has 16 nitrogen and oxygen atoms in total. The van der Waals surface area contributed by atoms with Crippen LogP contribution in [0.5, 0.6) is 0 Å². The van der Waals surface area contributed by atoms with E-state index in [1.165, 1.54) is 40.4 Å². The predicted octanol–water partition coefficient (Wildman–Crippen LogP) is 4.14. The number of likely N-dealkylation sites (N-methyl/N-ethyl adjacent to an activating group) is 1. The number of esters is 1. The molecule has 5 N–H and O–H groups in total. The number of ether oxygens (including phenoxy) is 7. The summed E-state index contributed by atoms with van der Waals surface area (Å²) < 4.78 is 44.7. The minimum absolute atomic E-state index is 0.0787. The van der Waals surface area contributed by atoms with Gasteiger partial charge in [0.05, 0.1) is 47.6 Å². The van der Waals surface area contributed by atoms with Crippen LogP contribution < -0.4 is 5.32 Å². The largest absolute Gasteiger partial charge is 0.459 e. The van der Waals surface area contributed by atoms with E-state index in [4.69, 9.17) is 33.2 Å². The summed E-state index contributed by atoms with van der Waals surface area (Å²) in [5, 5.41) is 50.0. The quantitative estimate of drug-likeness (QED) is 0.174. The second-order valence-corrected chi connectivity index (χ2v) is 22.6. The number of carbonyl (C=O) groups excluding carboxylic acids is 3. The fraction of sp³-hybridized carbons (Fsp3) is 0.940. The lowest BCUT2D eigenvalue weighted by Gasteiger charge is -2.55. The van der Waals surface area contributed by atoms with Crippen molar-refractivity contribution in [1.29, 1.82) is 0 Å². The van der Waals surface area contributed by atoms with Crippen LogP contribution in [0, 0.1) is 46.8 Å². The van der Waals surface area contributed by atoms with Gasteiger partial charge in [-0.25, -0.2) is 0 Å². The van der Waals surface area contributed by atoms with Crippen LogP contribution in [-0.2, 0) is 47.5 Å². The number of aliphatic hydroxyl groups is 4. The number of Topliss-reactive ketones (excluding diaryl/α,β-unsaturated/α-hetero) is 1. The van der Waals surface area contributed by atoms with Crippen LogP contribution in [0.15, 0.2) is 0 Å². The van der Waals surface area contributed by atoms with Gasteiger partial charge in [-0.15, -0.1) is 0 Å². The van der Waals surface area contributed by atoms with Crippen molar-refractivity contribution in [3.05, 3.63) is 0 Å². The summed E-state index contributed by atoms with van der Waals surface area (Å²) >= 11 is 0. The van der Waals surface area contributed by atoms with Crippen molar-refractivity contribution in [2.45, 2.75) is 218 Å². The summed E-state index contributed by atoms with van der Waals surface area (Å²) in [7, 11) is 4.95. The van der Waals surface area contributed by atoms with Gasteiger partial charge in [-0.3, -0.25) is 19.3 Å². The normalized spacial score (nSPS) is 49.4. The number of nitrogens with zero attached hydrogens (tertiary/aromatic N) is 1. The maximum atomic E-state index is 14.4. The number of amides is 1. The molecule has 3 heterocycles. The summed E-state index contributed by atoms with van der Waals surface area (Å²) in [6.45, 7) is 18.0. The molecule has 3 aliphatic heterocycles. The fourth-order valence-electron chi connectivity index (χ4n) is 13.6. The number of hydrogen-bond acceptors (Lipinski definition) is 15. The molecule has 0 aromatic heterocycles. The zero-order chi connectivity index (χ0) is 48.8. The Balaban J connectivity index is 1.29. The molecular formula is C50H86N2O14. The first-order chi connectivity index (χ1) is 30.8. The van der Waals surface area contributed by atoms with Gasteiger partial charge in [-0.2, -0.15) is 0 Å². The first-order valence-electron chi connectivity index (χ1n) is 25.0. The third-order valence-electron chi connectivity index (χ3n) is 17.4. The van der Waals surface area contributed by atoms with Crippen LogP contribution in [0.2, 0.25) is 0 Å². The van der Waals surface area contributed by atoms with Crippen LogP contribution in [0.4, 0.5) is 0 Å². The highest BCUT2D eigenvalue weighted by Gasteiger charge is 2.56. The lowest BCUT2D eigenvalue weighted by atomic mass is 9.49. The molecule has 18 atom stereocenters. The van der Waals surface area contributed by atoms with Crippen molar-refractivity contribution in [2.24, 2.45) is 46.8 Å². The standard InChI is InChI=1S/C50H86N2O14/c1-14-36-49(10,59)41(55)28(4)38(53)26(2)21-48(9,61-13)43(29(5)40(30(6)44(57)64-36)65-37-25-47(8,60-12)42(56)31(7)63-37)66-45-39(54)35(17-27(3)62-45)52(11)16-15-51-46(58)50-22-32-18-33(23-50)20-34(19-32)24-50/h26-37,39-43,45,54-56,59H,14-25H2,1-13H3,(H,51,58)/t26-,27-,28+,29+,30-,31+,32?,33?,34?,35+,36-,37+,39-,40+,41-,42+,43-,45+,47-,48-,49-,50?/m1/s1. The number of ketones is 1. The molecule has 7 aliphatic rings.